The number of fused-ring (bicyclic) bond motifs is 1. The van der Waals surface area contributed by atoms with Gasteiger partial charge in [0.2, 0.25) is 0 Å². The summed E-state index contributed by atoms with van der Waals surface area (Å²) in [6.45, 7) is 5.73. The van der Waals surface area contributed by atoms with Crippen molar-refractivity contribution in [2.24, 2.45) is 5.92 Å². The first-order valence-electron chi connectivity index (χ1n) is 5.30. The molecule has 0 fully saturated rings. The van der Waals surface area contributed by atoms with E-state index < -0.39 is 0 Å². The highest BCUT2D eigenvalue weighted by atomic mass is 15.1. The van der Waals surface area contributed by atoms with Crippen molar-refractivity contribution in [3.05, 3.63) is 17.7 Å². The lowest BCUT2D eigenvalue weighted by Gasteiger charge is -2.17. The van der Waals surface area contributed by atoms with Gasteiger partial charge in [-0.3, -0.25) is 0 Å². The Morgan fingerprint density at radius 1 is 1.46 bits per heavy atom. The van der Waals surface area contributed by atoms with Gasteiger partial charge < -0.3 is 4.57 Å². The third-order valence-electron chi connectivity index (χ3n) is 2.67. The zero-order chi connectivity index (χ0) is 9.26. The van der Waals surface area contributed by atoms with Crippen molar-refractivity contribution in [3.8, 4) is 0 Å². The fraction of sp³-hybridized carbons (Fsp3) is 0.727. The Balaban J connectivity index is 2.21. The summed E-state index contributed by atoms with van der Waals surface area (Å²) in [7, 11) is 0. The molecule has 2 nitrogen and oxygen atoms in total. The fourth-order valence-electron chi connectivity index (χ4n) is 2.06. The van der Waals surface area contributed by atoms with Crippen LogP contribution in [0.3, 0.4) is 0 Å². The van der Waals surface area contributed by atoms with Gasteiger partial charge in [-0.05, 0) is 25.2 Å². The zero-order valence-electron chi connectivity index (χ0n) is 8.58. The second-order valence-corrected chi connectivity index (χ2v) is 4.37. The third-order valence-corrected chi connectivity index (χ3v) is 2.67. The predicted molar refractivity (Wildman–Crippen MR) is 53.7 cm³/mol. The standard InChI is InChI=1S/C11H18N2/c1-9(2)7-10-8-12-11-5-3-4-6-13(10)11/h8-9H,3-7H2,1-2H3. The Morgan fingerprint density at radius 3 is 3.08 bits per heavy atom. The summed E-state index contributed by atoms with van der Waals surface area (Å²) in [6, 6.07) is 0. The van der Waals surface area contributed by atoms with E-state index in [9.17, 15) is 0 Å². The molecule has 0 atom stereocenters. The molecule has 1 aromatic heterocycles. The molecule has 1 aliphatic rings. The van der Waals surface area contributed by atoms with Gasteiger partial charge >= 0.3 is 0 Å². The molecule has 0 aliphatic carbocycles. The lowest BCUT2D eigenvalue weighted by atomic mass is 10.1. The van der Waals surface area contributed by atoms with Crippen molar-refractivity contribution in [3.63, 3.8) is 0 Å². The van der Waals surface area contributed by atoms with Crippen LogP contribution in [0.25, 0.3) is 0 Å². The van der Waals surface area contributed by atoms with Gasteiger partial charge in [-0.2, -0.15) is 0 Å². The molecule has 0 N–H and O–H groups in total. The molecule has 2 heteroatoms. The van der Waals surface area contributed by atoms with Crippen molar-refractivity contribution >= 4 is 0 Å². The molecule has 2 rings (SSSR count). The van der Waals surface area contributed by atoms with Gasteiger partial charge in [-0.1, -0.05) is 13.8 Å². The average molecular weight is 178 g/mol. The molecule has 72 valence electrons. The number of aromatic nitrogens is 2. The molecule has 0 unspecified atom stereocenters. The van der Waals surface area contributed by atoms with Gasteiger partial charge in [0.15, 0.2) is 0 Å². The van der Waals surface area contributed by atoms with Crippen molar-refractivity contribution in [2.75, 3.05) is 0 Å². The second kappa shape index (κ2) is 3.52. The van der Waals surface area contributed by atoms with Crippen LogP contribution in [-0.4, -0.2) is 9.55 Å². The lowest BCUT2D eigenvalue weighted by Crippen LogP contribution is -2.14. The molecule has 13 heavy (non-hydrogen) atoms. The molecular formula is C11H18N2. The Kier molecular flexibility index (Phi) is 2.38. The van der Waals surface area contributed by atoms with Gasteiger partial charge in [0.25, 0.3) is 0 Å². The monoisotopic (exact) mass is 178 g/mol. The summed E-state index contributed by atoms with van der Waals surface area (Å²) < 4.78 is 2.42. The van der Waals surface area contributed by atoms with E-state index in [1.165, 1.54) is 43.7 Å². The minimum Gasteiger partial charge on any atom is -0.332 e. The van der Waals surface area contributed by atoms with E-state index in [2.05, 4.69) is 29.6 Å². The van der Waals surface area contributed by atoms with Gasteiger partial charge in [0.1, 0.15) is 5.82 Å². The fourth-order valence-corrected chi connectivity index (χ4v) is 2.06. The SMILES string of the molecule is CC(C)Cc1cnc2n1CCCC2. The van der Waals surface area contributed by atoms with Crippen LogP contribution >= 0.6 is 0 Å². The third kappa shape index (κ3) is 1.77. The van der Waals surface area contributed by atoms with Crippen molar-refractivity contribution in [1.82, 2.24) is 9.55 Å². The Bertz CT molecular complexity index is 286. The highest BCUT2D eigenvalue weighted by Gasteiger charge is 2.13. The van der Waals surface area contributed by atoms with E-state index in [-0.39, 0.29) is 0 Å². The molecule has 1 aliphatic heterocycles. The van der Waals surface area contributed by atoms with E-state index in [0.29, 0.717) is 0 Å². The number of aryl methyl sites for hydroxylation is 1. The van der Waals surface area contributed by atoms with Crippen LogP contribution < -0.4 is 0 Å². The molecule has 0 bridgehead atoms. The topological polar surface area (TPSA) is 17.8 Å². The maximum Gasteiger partial charge on any atom is 0.108 e. The zero-order valence-corrected chi connectivity index (χ0v) is 8.58. The summed E-state index contributed by atoms with van der Waals surface area (Å²) in [5.74, 6) is 2.05. The van der Waals surface area contributed by atoms with Crippen LogP contribution in [0.5, 0.6) is 0 Å². The first kappa shape index (κ1) is 8.79. The number of hydrogen-bond donors (Lipinski definition) is 0. The van der Waals surface area contributed by atoms with Gasteiger partial charge in [-0.25, -0.2) is 4.98 Å². The Morgan fingerprint density at radius 2 is 2.31 bits per heavy atom. The molecule has 0 radical (unpaired) electrons. The number of nitrogens with zero attached hydrogens (tertiary/aromatic N) is 2. The minimum absolute atomic E-state index is 0.739. The van der Waals surface area contributed by atoms with Gasteiger partial charge in [0.05, 0.1) is 0 Å². The summed E-state index contributed by atoms with van der Waals surface area (Å²) in [4.78, 5) is 4.47. The lowest BCUT2D eigenvalue weighted by molar-refractivity contribution is 0.494. The van der Waals surface area contributed by atoms with Crippen LogP contribution in [0.2, 0.25) is 0 Å². The number of imidazole rings is 1. The Hall–Kier alpha value is -0.790. The van der Waals surface area contributed by atoms with Gasteiger partial charge in [0, 0.05) is 24.9 Å². The highest BCUT2D eigenvalue weighted by molar-refractivity contribution is 5.08. The minimum atomic E-state index is 0.739. The molecule has 1 aromatic rings. The van der Waals surface area contributed by atoms with E-state index in [0.717, 1.165) is 5.92 Å². The maximum atomic E-state index is 4.47. The van der Waals surface area contributed by atoms with Gasteiger partial charge in [-0.15, -0.1) is 0 Å². The van der Waals surface area contributed by atoms with Crippen LogP contribution in [-0.2, 0) is 19.4 Å². The first-order valence-corrected chi connectivity index (χ1v) is 5.30. The summed E-state index contributed by atoms with van der Waals surface area (Å²) >= 11 is 0. The molecule has 0 saturated carbocycles. The molecular weight excluding hydrogens is 160 g/mol. The smallest absolute Gasteiger partial charge is 0.108 e. The van der Waals surface area contributed by atoms with Crippen molar-refractivity contribution in [2.45, 2.75) is 46.1 Å². The summed E-state index contributed by atoms with van der Waals surface area (Å²) in [5, 5.41) is 0. The van der Waals surface area contributed by atoms with E-state index in [1.54, 1.807) is 0 Å². The van der Waals surface area contributed by atoms with E-state index >= 15 is 0 Å². The second-order valence-electron chi connectivity index (χ2n) is 4.37. The van der Waals surface area contributed by atoms with Crippen LogP contribution in [0.15, 0.2) is 6.20 Å². The van der Waals surface area contributed by atoms with Crippen LogP contribution in [0, 0.1) is 5.92 Å². The summed E-state index contributed by atoms with van der Waals surface area (Å²) in [6.07, 6.45) is 7.07. The Labute approximate surface area is 80.0 Å². The summed E-state index contributed by atoms with van der Waals surface area (Å²) in [5.41, 5.74) is 1.43. The predicted octanol–water partition coefficient (Wildman–Crippen LogP) is 2.42. The normalized spacial score (nSPS) is 16.2. The molecule has 0 spiro atoms. The maximum absolute atomic E-state index is 4.47. The number of hydrogen-bond acceptors (Lipinski definition) is 1. The van der Waals surface area contributed by atoms with E-state index in [4.69, 9.17) is 0 Å². The van der Waals surface area contributed by atoms with Crippen molar-refractivity contribution in [1.29, 1.82) is 0 Å². The molecule has 2 heterocycles. The molecule has 0 aromatic carbocycles. The molecule has 0 amide bonds. The first-order chi connectivity index (χ1) is 6.27. The largest absolute Gasteiger partial charge is 0.332 e. The highest BCUT2D eigenvalue weighted by Crippen LogP contribution is 2.18. The quantitative estimate of drug-likeness (QED) is 0.680. The molecule has 0 saturated heterocycles. The van der Waals surface area contributed by atoms with Crippen LogP contribution in [0.1, 0.15) is 38.2 Å². The van der Waals surface area contributed by atoms with E-state index in [1.807, 2.05) is 0 Å². The van der Waals surface area contributed by atoms with Crippen molar-refractivity contribution < 1.29 is 0 Å². The average Bonchev–Trinajstić information content (AvgIpc) is 2.48. The van der Waals surface area contributed by atoms with Crippen LogP contribution in [0.4, 0.5) is 0 Å². The number of rotatable bonds is 2.